The number of piperidine rings is 1. The van der Waals surface area contributed by atoms with Crippen LogP contribution in [0, 0.1) is 0 Å². The molecule has 2 aliphatic rings. The molecule has 22 heavy (non-hydrogen) atoms. The summed E-state index contributed by atoms with van der Waals surface area (Å²) in [6, 6.07) is 6.66. The maximum atomic E-state index is 5.84. The largest absolute Gasteiger partial charge is 0.399 e. The number of hydrogen-bond acceptors (Lipinski definition) is 5. The number of nitrogen functional groups attached to an aromatic ring is 1. The van der Waals surface area contributed by atoms with Gasteiger partial charge in [-0.1, -0.05) is 0 Å². The number of nitrogens with one attached hydrogen (secondary N) is 1. The minimum absolute atomic E-state index is 0.695. The second-order valence-electron chi connectivity index (χ2n) is 6.22. The van der Waals surface area contributed by atoms with Crippen molar-refractivity contribution < 1.29 is 4.74 Å². The monoisotopic (exact) mass is 301 g/mol. The van der Waals surface area contributed by atoms with Crippen LogP contribution in [-0.4, -0.2) is 60.5 Å². The second kappa shape index (κ2) is 5.78. The van der Waals surface area contributed by atoms with Crippen molar-refractivity contribution in [1.29, 1.82) is 0 Å². The number of aromatic nitrogens is 2. The van der Waals surface area contributed by atoms with Gasteiger partial charge in [-0.05, 0) is 31.0 Å². The van der Waals surface area contributed by atoms with Crippen LogP contribution >= 0.6 is 0 Å². The van der Waals surface area contributed by atoms with Crippen LogP contribution in [0.5, 0.6) is 0 Å². The molecule has 0 radical (unpaired) electrons. The molecule has 1 aromatic carbocycles. The number of H-pyrrole nitrogens is 1. The predicted molar refractivity (Wildman–Crippen MR) is 88.1 cm³/mol. The van der Waals surface area contributed by atoms with Crippen LogP contribution in [0.4, 0.5) is 11.5 Å². The fourth-order valence-electron chi connectivity index (χ4n) is 3.65. The Kier molecular flexibility index (Phi) is 3.63. The van der Waals surface area contributed by atoms with Gasteiger partial charge in [0.2, 0.25) is 0 Å². The molecule has 0 saturated carbocycles. The minimum atomic E-state index is 0.695. The zero-order valence-corrected chi connectivity index (χ0v) is 12.8. The fourth-order valence-corrected chi connectivity index (χ4v) is 3.65. The second-order valence-corrected chi connectivity index (χ2v) is 6.22. The van der Waals surface area contributed by atoms with E-state index in [2.05, 4.69) is 26.1 Å². The van der Waals surface area contributed by atoms with Crippen molar-refractivity contribution in [3.8, 4) is 0 Å². The SMILES string of the molecule is Nc1ccc2c(N3CCC(N4CCOCC4)CC3)n[nH]c2c1. The van der Waals surface area contributed by atoms with E-state index in [-0.39, 0.29) is 0 Å². The van der Waals surface area contributed by atoms with Gasteiger partial charge in [-0.25, -0.2) is 0 Å². The zero-order valence-electron chi connectivity index (χ0n) is 12.8. The molecule has 2 aliphatic heterocycles. The number of nitrogens with two attached hydrogens (primary N) is 1. The number of anilines is 2. The van der Waals surface area contributed by atoms with Gasteiger partial charge in [-0.3, -0.25) is 10.00 Å². The molecular formula is C16H23N5O. The first-order valence-corrected chi connectivity index (χ1v) is 8.11. The molecule has 6 heteroatoms. The van der Waals surface area contributed by atoms with E-state index in [9.17, 15) is 0 Å². The van der Waals surface area contributed by atoms with Crippen molar-refractivity contribution in [2.24, 2.45) is 0 Å². The smallest absolute Gasteiger partial charge is 0.158 e. The van der Waals surface area contributed by atoms with Gasteiger partial charge < -0.3 is 15.4 Å². The topological polar surface area (TPSA) is 70.4 Å². The molecule has 3 heterocycles. The fraction of sp³-hybridized carbons (Fsp3) is 0.562. The lowest BCUT2D eigenvalue weighted by atomic mass is 10.0. The summed E-state index contributed by atoms with van der Waals surface area (Å²) >= 11 is 0. The van der Waals surface area contributed by atoms with Crippen LogP contribution in [0.25, 0.3) is 10.9 Å². The maximum absolute atomic E-state index is 5.84. The normalized spacial score (nSPS) is 21.5. The average molecular weight is 301 g/mol. The van der Waals surface area contributed by atoms with Crippen molar-refractivity contribution in [2.45, 2.75) is 18.9 Å². The Morgan fingerprint density at radius 2 is 1.91 bits per heavy atom. The predicted octanol–water partition coefficient (Wildman–Crippen LogP) is 1.45. The summed E-state index contributed by atoms with van der Waals surface area (Å²) in [5.74, 6) is 1.07. The Labute approximate surface area is 130 Å². The van der Waals surface area contributed by atoms with E-state index in [0.29, 0.717) is 6.04 Å². The Morgan fingerprint density at radius 1 is 1.14 bits per heavy atom. The Balaban J connectivity index is 1.46. The molecule has 2 saturated heterocycles. The summed E-state index contributed by atoms with van der Waals surface area (Å²) in [7, 11) is 0. The van der Waals surface area contributed by atoms with Gasteiger partial charge in [0.15, 0.2) is 5.82 Å². The number of fused-ring (bicyclic) bond motifs is 1. The van der Waals surface area contributed by atoms with Crippen molar-refractivity contribution in [3.05, 3.63) is 18.2 Å². The highest BCUT2D eigenvalue weighted by Gasteiger charge is 2.27. The van der Waals surface area contributed by atoms with Crippen molar-refractivity contribution in [2.75, 3.05) is 50.0 Å². The molecule has 0 unspecified atom stereocenters. The van der Waals surface area contributed by atoms with E-state index in [1.54, 1.807) is 0 Å². The lowest BCUT2D eigenvalue weighted by Crippen LogP contribution is -2.49. The third kappa shape index (κ3) is 2.53. The van der Waals surface area contributed by atoms with Crippen LogP contribution in [-0.2, 0) is 4.74 Å². The average Bonchev–Trinajstić information content (AvgIpc) is 2.99. The molecule has 3 N–H and O–H groups in total. The number of benzene rings is 1. The highest BCUT2D eigenvalue weighted by atomic mass is 16.5. The molecule has 0 atom stereocenters. The minimum Gasteiger partial charge on any atom is -0.399 e. The van der Waals surface area contributed by atoms with Gasteiger partial charge in [0.1, 0.15) is 0 Å². The molecule has 0 aliphatic carbocycles. The quantitative estimate of drug-likeness (QED) is 0.822. The van der Waals surface area contributed by atoms with Crippen molar-refractivity contribution in [3.63, 3.8) is 0 Å². The van der Waals surface area contributed by atoms with Crippen LogP contribution in [0.2, 0.25) is 0 Å². The van der Waals surface area contributed by atoms with Gasteiger partial charge in [0, 0.05) is 43.3 Å². The number of morpholine rings is 1. The molecular weight excluding hydrogens is 278 g/mol. The Bertz CT molecular complexity index is 641. The van der Waals surface area contributed by atoms with Crippen LogP contribution < -0.4 is 10.6 Å². The third-order valence-electron chi connectivity index (χ3n) is 4.89. The van der Waals surface area contributed by atoms with E-state index >= 15 is 0 Å². The molecule has 2 fully saturated rings. The van der Waals surface area contributed by atoms with Gasteiger partial charge in [0.25, 0.3) is 0 Å². The van der Waals surface area contributed by atoms with Crippen molar-refractivity contribution >= 4 is 22.4 Å². The summed E-state index contributed by atoms with van der Waals surface area (Å²) < 4.78 is 5.45. The van der Waals surface area contributed by atoms with Gasteiger partial charge in [-0.2, -0.15) is 5.10 Å². The molecule has 2 aromatic rings. The van der Waals surface area contributed by atoms with E-state index in [0.717, 1.165) is 56.4 Å². The molecule has 4 rings (SSSR count). The van der Waals surface area contributed by atoms with E-state index in [4.69, 9.17) is 10.5 Å². The first kappa shape index (κ1) is 13.8. The van der Waals surface area contributed by atoms with Crippen LogP contribution in [0.1, 0.15) is 12.8 Å². The first-order valence-electron chi connectivity index (χ1n) is 8.11. The molecule has 1 aromatic heterocycles. The number of nitrogens with zero attached hydrogens (tertiary/aromatic N) is 3. The van der Waals surface area contributed by atoms with Gasteiger partial charge >= 0.3 is 0 Å². The molecule has 0 bridgehead atoms. The summed E-state index contributed by atoms with van der Waals surface area (Å²) in [5, 5.41) is 8.78. The molecule has 6 nitrogen and oxygen atoms in total. The van der Waals surface area contributed by atoms with Crippen LogP contribution in [0.3, 0.4) is 0 Å². The molecule has 0 amide bonds. The molecule has 0 spiro atoms. The zero-order chi connectivity index (χ0) is 14.9. The highest BCUT2D eigenvalue weighted by Crippen LogP contribution is 2.28. The maximum Gasteiger partial charge on any atom is 0.158 e. The van der Waals surface area contributed by atoms with Gasteiger partial charge in [0.05, 0.1) is 18.7 Å². The number of hydrogen-bond donors (Lipinski definition) is 2. The number of aromatic amines is 1. The lowest BCUT2D eigenvalue weighted by Gasteiger charge is -2.40. The number of rotatable bonds is 2. The lowest BCUT2D eigenvalue weighted by molar-refractivity contribution is 0.0115. The van der Waals surface area contributed by atoms with E-state index in [1.165, 1.54) is 18.2 Å². The molecule has 118 valence electrons. The highest BCUT2D eigenvalue weighted by molar-refractivity contribution is 5.92. The van der Waals surface area contributed by atoms with Crippen LogP contribution in [0.15, 0.2) is 18.2 Å². The van der Waals surface area contributed by atoms with E-state index in [1.807, 2.05) is 12.1 Å². The van der Waals surface area contributed by atoms with Crippen molar-refractivity contribution in [1.82, 2.24) is 15.1 Å². The summed E-state index contributed by atoms with van der Waals surface area (Å²) in [4.78, 5) is 4.98. The number of ether oxygens (including phenoxy) is 1. The summed E-state index contributed by atoms with van der Waals surface area (Å²) in [6.45, 7) is 6.04. The summed E-state index contributed by atoms with van der Waals surface area (Å²) in [6.07, 6.45) is 2.40. The first-order chi connectivity index (χ1) is 10.8. The summed E-state index contributed by atoms with van der Waals surface area (Å²) in [5.41, 5.74) is 7.63. The third-order valence-corrected chi connectivity index (χ3v) is 4.89. The Hall–Kier alpha value is -1.79. The standard InChI is InChI=1S/C16H23N5O/c17-12-1-2-14-15(11-12)18-19-16(14)21-5-3-13(4-6-21)20-7-9-22-10-8-20/h1-2,11,13H,3-10,17H2,(H,18,19). The van der Waals surface area contributed by atoms with Gasteiger partial charge in [-0.15, -0.1) is 0 Å². The van der Waals surface area contributed by atoms with E-state index < -0.39 is 0 Å². The Morgan fingerprint density at radius 3 is 2.68 bits per heavy atom.